The molecule has 0 heterocycles. The molecule has 3 aliphatic rings. The molecule has 0 N–H and O–H groups in total. The van der Waals surface area contributed by atoms with E-state index in [0.717, 1.165) is 42.3 Å². The summed E-state index contributed by atoms with van der Waals surface area (Å²) >= 11 is 0.782. The van der Waals surface area contributed by atoms with Crippen molar-refractivity contribution in [3.05, 3.63) is 0 Å². The van der Waals surface area contributed by atoms with Gasteiger partial charge in [0.25, 0.3) is 0 Å². The van der Waals surface area contributed by atoms with Crippen molar-refractivity contribution in [3.63, 3.8) is 0 Å². The van der Waals surface area contributed by atoms with Crippen molar-refractivity contribution in [2.45, 2.75) is 75.0 Å². The summed E-state index contributed by atoms with van der Waals surface area (Å²) in [6.45, 7) is 9.89. The van der Waals surface area contributed by atoms with Crippen molar-refractivity contribution in [2.75, 3.05) is 7.11 Å². The molecule has 0 bridgehead atoms. The molecule has 0 radical (unpaired) electrons. The van der Waals surface area contributed by atoms with Gasteiger partial charge >= 0.3 is 125 Å². The van der Waals surface area contributed by atoms with Crippen LogP contribution in [0.1, 0.15) is 59.8 Å². The molecule has 0 spiro atoms. The Balaban J connectivity index is 1.64. The monoisotopic (exact) mass is 330 g/mol. The molecular formula is C17H30OSe. The van der Waals surface area contributed by atoms with E-state index in [9.17, 15) is 0 Å². The molecule has 2 heteroatoms. The predicted octanol–water partition coefficient (Wildman–Crippen LogP) is 4.56. The fraction of sp³-hybridized carbons (Fsp3) is 1.00. The van der Waals surface area contributed by atoms with Gasteiger partial charge in [0, 0.05) is 0 Å². The van der Waals surface area contributed by atoms with E-state index in [1.807, 2.05) is 7.11 Å². The van der Waals surface area contributed by atoms with Crippen LogP contribution in [0, 0.1) is 23.2 Å². The van der Waals surface area contributed by atoms with Crippen LogP contribution in [-0.4, -0.2) is 27.7 Å². The minimum atomic E-state index is 0.204. The first-order chi connectivity index (χ1) is 8.88. The van der Waals surface area contributed by atoms with E-state index in [-0.39, 0.29) is 5.60 Å². The van der Waals surface area contributed by atoms with Crippen molar-refractivity contribution in [1.29, 1.82) is 0 Å². The third-order valence-electron chi connectivity index (χ3n) is 6.66. The molecule has 19 heavy (non-hydrogen) atoms. The predicted molar refractivity (Wildman–Crippen MR) is 81.7 cm³/mol. The van der Waals surface area contributed by atoms with Gasteiger partial charge in [0.2, 0.25) is 0 Å². The summed E-state index contributed by atoms with van der Waals surface area (Å²) in [7, 11) is 1.93. The van der Waals surface area contributed by atoms with Crippen LogP contribution in [0.4, 0.5) is 0 Å². The summed E-state index contributed by atoms with van der Waals surface area (Å²) < 4.78 is 5.88. The van der Waals surface area contributed by atoms with Crippen LogP contribution < -0.4 is 0 Å². The van der Waals surface area contributed by atoms with Gasteiger partial charge in [0.05, 0.1) is 0 Å². The van der Waals surface area contributed by atoms with Gasteiger partial charge in [-0.15, -0.1) is 0 Å². The summed E-state index contributed by atoms with van der Waals surface area (Å²) in [5.74, 6) is 3.06. The van der Waals surface area contributed by atoms with Gasteiger partial charge in [0.1, 0.15) is 0 Å². The Kier molecular flexibility index (Phi) is 3.60. The molecule has 3 rings (SSSR count). The second-order valence-corrected chi connectivity index (χ2v) is 11.1. The number of fused-ring (bicyclic) bond motifs is 1. The van der Waals surface area contributed by atoms with Crippen LogP contribution in [0.5, 0.6) is 0 Å². The third kappa shape index (κ3) is 2.32. The number of ether oxygens (including phenoxy) is 1. The molecule has 1 nitrogen and oxygen atoms in total. The second kappa shape index (κ2) is 4.75. The summed E-state index contributed by atoms with van der Waals surface area (Å²) in [5, 5.41) is 0. The van der Waals surface area contributed by atoms with Crippen molar-refractivity contribution in [1.82, 2.24) is 0 Å². The van der Waals surface area contributed by atoms with Crippen LogP contribution in [0.15, 0.2) is 0 Å². The van der Waals surface area contributed by atoms with Gasteiger partial charge in [0.15, 0.2) is 0 Å². The van der Waals surface area contributed by atoms with Gasteiger partial charge in [-0.05, 0) is 0 Å². The molecule has 0 aromatic rings. The summed E-state index contributed by atoms with van der Waals surface area (Å²) in [6.07, 6.45) is 7.12. The quantitative estimate of drug-likeness (QED) is 0.690. The summed E-state index contributed by atoms with van der Waals surface area (Å²) in [5.41, 5.74) is 0.870. The molecular weight excluding hydrogens is 299 g/mol. The Labute approximate surface area is 125 Å². The number of hydrogen-bond donors (Lipinski definition) is 0. The topological polar surface area (TPSA) is 9.23 Å². The van der Waals surface area contributed by atoms with E-state index in [1.54, 1.807) is 0 Å². The molecule has 0 aromatic carbocycles. The van der Waals surface area contributed by atoms with Crippen molar-refractivity contribution < 1.29 is 4.74 Å². The zero-order valence-electron chi connectivity index (χ0n) is 13.2. The molecule has 110 valence electrons. The Hall–Kier alpha value is 0.479. The van der Waals surface area contributed by atoms with Crippen LogP contribution in [0.2, 0.25) is 9.63 Å². The molecule has 3 fully saturated rings. The molecule has 2 unspecified atom stereocenters. The number of rotatable bonds is 3. The van der Waals surface area contributed by atoms with Gasteiger partial charge in [-0.2, -0.15) is 0 Å². The average Bonchev–Trinajstić information content (AvgIpc) is 2.70. The zero-order valence-corrected chi connectivity index (χ0v) is 15.0. The van der Waals surface area contributed by atoms with E-state index in [1.165, 1.54) is 32.1 Å². The Morgan fingerprint density at radius 2 is 1.79 bits per heavy atom. The molecule has 3 saturated carbocycles. The second-order valence-electron chi connectivity index (χ2n) is 8.06. The fourth-order valence-electron chi connectivity index (χ4n) is 4.78. The molecule has 0 aromatic heterocycles. The van der Waals surface area contributed by atoms with E-state index in [0.29, 0.717) is 5.41 Å². The Morgan fingerprint density at radius 1 is 1.11 bits per heavy atom. The van der Waals surface area contributed by atoms with Gasteiger partial charge < -0.3 is 0 Å². The summed E-state index contributed by atoms with van der Waals surface area (Å²) in [4.78, 5) is 1.89. The molecule has 3 aliphatic carbocycles. The SMILES string of the molecule is COC1(C)CCCC1[Se][C@H]1C[C@@H]2[C@H](C[C@H]1C)C2(C)C. The van der Waals surface area contributed by atoms with E-state index >= 15 is 0 Å². The maximum absolute atomic E-state index is 5.88. The summed E-state index contributed by atoms with van der Waals surface area (Å²) in [6, 6.07) is 0. The third-order valence-corrected chi connectivity index (χ3v) is 11.0. The first-order valence-electron chi connectivity index (χ1n) is 8.09. The van der Waals surface area contributed by atoms with Gasteiger partial charge in [-0.3, -0.25) is 0 Å². The van der Waals surface area contributed by atoms with Crippen molar-refractivity contribution in [3.8, 4) is 0 Å². The molecule has 0 saturated heterocycles. The van der Waals surface area contributed by atoms with E-state index in [4.69, 9.17) is 4.74 Å². The van der Waals surface area contributed by atoms with E-state index in [2.05, 4.69) is 27.7 Å². The molecule has 6 atom stereocenters. The molecule has 0 aliphatic heterocycles. The van der Waals surface area contributed by atoms with Crippen LogP contribution in [0.25, 0.3) is 0 Å². The zero-order chi connectivity index (χ0) is 13.8. The van der Waals surface area contributed by atoms with E-state index < -0.39 is 0 Å². The Bertz CT molecular complexity index is 353. The first kappa shape index (κ1) is 14.4. The number of hydrogen-bond acceptors (Lipinski definition) is 1. The number of methoxy groups -OCH3 is 1. The normalized spacial score (nSPS) is 51.9. The first-order valence-corrected chi connectivity index (χ1v) is 10.1. The average molecular weight is 329 g/mol. The van der Waals surface area contributed by atoms with Crippen molar-refractivity contribution in [2.24, 2.45) is 23.2 Å². The van der Waals surface area contributed by atoms with Gasteiger partial charge in [-0.1, -0.05) is 0 Å². The van der Waals surface area contributed by atoms with Crippen LogP contribution >= 0.6 is 0 Å². The maximum atomic E-state index is 5.88. The van der Waals surface area contributed by atoms with Crippen molar-refractivity contribution >= 4 is 15.0 Å². The van der Waals surface area contributed by atoms with Gasteiger partial charge in [-0.25, -0.2) is 0 Å². The molecule has 0 amide bonds. The van der Waals surface area contributed by atoms with Crippen LogP contribution in [-0.2, 0) is 4.74 Å². The van der Waals surface area contributed by atoms with Crippen LogP contribution in [0.3, 0.4) is 0 Å². The fourth-order valence-corrected chi connectivity index (χ4v) is 8.82. The standard InChI is InChI=1S/C17H30OSe/c1-11-9-12-13(16(12,2)3)10-14(11)19-15-7-6-8-17(15,4)18-5/h11-15H,6-10H2,1-5H3/t11-,12+,13-,14+,15?,17?/m1/s1. The minimum absolute atomic E-state index is 0.204. The Morgan fingerprint density at radius 3 is 2.47 bits per heavy atom.